The zero-order chi connectivity index (χ0) is 23.3. The molecule has 0 radical (unpaired) electrons. The van der Waals surface area contributed by atoms with Crippen molar-refractivity contribution in [3.8, 4) is 47.0 Å². The third kappa shape index (κ3) is 6.95. The lowest BCUT2D eigenvalue weighted by Crippen LogP contribution is -2.63. The highest BCUT2D eigenvalue weighted by Gasteiger charge is 2.46. The van der Waals surface area contributed by atoms with Crippen molar-refractivity contribution in [3.05, 3.63) is 85.0 Å². The van der Waals surface area contributed by atoms with Gasteiger partial charge in [-0.1, -0.05) is 106 Å². The van der Waals surface area contributed by atoms with Gasteiger partial charge in [0.25, 0.3) is 0 Å². The van der Waals surface area contributed by atoms with Crippen LogP contribution in [0.15, 0.2) is 85.0 Å². The van der Waals surface area contributed by atoms with Crippen molar-refractivity contribution in [1.29, 1.82) is 0 Å². The molecule has 1 N–H and O–H groups in total. The first-order valence-corrected chi connectivity index (χ1v) is 12.5. The van der Waals surface area contributed by atoms with Crippen LogP contribution in [0.1, 0.15) is 27.7 Å². The molecule has 0 unspecified atom stereocenters. The Kier molecular flexibility index (Phi) is 9.42. The number of rotatable bonds is 4. The van der Waals surface area contributed by atoms with E-state index < -0.39 is 14.2 Å². The van der Waals surface area contributed by atoms with Gasteiger partial charge in [-0.25, -0.2) is 0 Å². The Morgan fingerprint density at radius 3 is 1.75 bits per heavy atom. The van der Waals surface area contributed by atoms with E-state index in [1.807, 2.05) is 12.1 Å². The van der Waals surface area contributed by atoms with E-state index in [2.05, 4.69) is 116 Å². The topological polar surface area (TPSA) is 20.2 Å². The maximum absolute atomic E-state index is 9.12. The lowest BCUT2D eigenvalue weighted by Gasteiger charge is -2.39. The molecule has 0 aliphatic rings. The summed E-state index contributed by atoms with van der Waals surface area (Å²) in [5.41, 5.74) is 3.61. The zero-order valence-corrected chi connectivity index (χ0v) is 20.1. The SMILES string of the molecule is C[C@@H](O)/C=C/C=C/C#CC#CC#CC#C[Si](c1ccccc1)(c1ccccc1)C(C)(C)C. The fourth-order valence-electron chi connectivity index (χ4n) is 3.40. The fraction of sp³-hybridized carbons (Fsp3) is 0.200. The summed E-state index contributed by atoms with van der Waals surface area (Å²) in [5.74, 6) is 19.8. The third-order valence-electron chi connectivity index (χ3n) is 4.85. The molecule has 0 saturated heterocycles. The van der Waals surface area contributed by atoms with Gasteiger partial charge in [0.05, 0.1) is 6.10 Å². The number of hydrogen-bond acceptors (Lipinski definition) is 1. The van der Waals surface area contributed by atoms with Crippen LogP contribution in [-0.4, -0.2) is 19.3 Å². The Bertz CT molecular complexity index is 1140. The van der Waals surface area contributed by atoms with E-state index in [1.54, 1.807) is 31.2 Å². The highest BCUT2D eigenvalue weighted by atomic mass is 28.3. The summed E-state index contributed by atoms with van der Waals surface area (Å²) in [4.78, 5) is 0. The van der Waals surface area contributed by atoms with E-state index in [9.17, 15) is 0 Å². The number of benzene rings is 2. The Balaban J connectivity index is 2.33. The molecule has 2 heteroatoms. The molecule has 0 aliphatic heterocycles. The molecule has 0 saturated carbocycles. The van der Waals surface area contributed by atoms with E-state index >= 15 is 0 Å². The van der Waals surface area contributed by atoms with Crippen molar-refractivity contribution in [2.24, 2.45) is 0 Å². The summed E-state index contributed by atoms with van der Waals surface area (Å²) in [6, 6.07) is 21.2. The van der Waals surface area contributed by atoms with Gasteiger partial charge in [-0.3, -0.25) is 0 Å². The first kappa shape index (κ1) is 24.6. The summed E-state index contributed by atoms with van der Waals surface area (Å²) in [6.45, 7) is 8.48. The van der Waals surface area contributed by atoms with Crippen LogP contribution in [0.4, 0.5) is 0 Å². The lowest BCUT2D eigenvalue weighted by atomic mass is 10.2. The molecule has 2 aromatic rings. The number of aliphatic hydroxyl groups is 1. The van der Waals surface area contributed by atoms with Gasteiger partial charge in [-0.15, -0.1) is 5.54 Å². The van der Waals surface area contributed by atoms with Crippen LogP contribution in [0, 0.1) is 47.0 Å². The Labute approximate surface area is 194 Å². The highest BCUT2D eigenvalue weighted by Crippen LogP contribution is 2.35. The smallest absolute Gasteiger partial charge is 0.205 e. The van der Waals surface area contributed by atoms with Crippen LogP contribution >= 0.6 is 0 Å². The van der Waals surface area contributed by atoms with Crippen LogP contribution in [0.25, 0.3) is 0 Å². The van der Waals surface area contributed by atoms with Crippen molar-refractivity contribution in [1.82, 2.24) is 0 Å². The van der Waals surface area contributed by atoms with Gasteiger partial charge in [0.1, 0.15) is 0 Å². The molecule has 0 fully saturated rings. The molecule has 158 valence electrons. The van der Waals surface area contributed by atoms with E-state index in [-0.39, 0.29) is 5.04 Å². The average molecular weight is 433 g/mol. The minimum absolute atomic E-state index is 0.0316. The van der Waals surface area contributed by atoms with Crippen molar-refractivity contribution in [2.45, 2.75) is 38.8 Å². The quantitative estimate of drug-likeness (QED) is 0.438. The summed E-state index contributed by atoms with van der Waals surface area (Å²) < 4.78 is 0. The van der Waals surface area contributed by atoms with Crippen LogP contribution < -0.4 is 10.4 Å². The number of hydrogen-bond donors (Lipinski definition) is 1. The molecular weight excluding hydrogens is 404 g/mol. The summed E-state index contributed by atoms with van der Waals surface area (Å²) in [6.07, 6.45) is 6.37. The van der Waals surface area contributed by atoms with Gasteiger partial charge in [-0.05, 0) is 63.9 Å². The molecule has 0 bridgehead atoms. The van der Waals surface area contributed by atoms with Gasteiger partial charge in [-0.2, -0.15) is 0 Å². The standard InChI is InChI=1S/C30H28OSi/c1-27(31)21-15-11-9-7-5-6-8-10-12-20-26-32(30(2,3)4,28-22-16-13-17-23-28)29-24-18-14-19-25-29/h9,11,13-19,21-25,27,31H,1-4H3/b11-9+,21-15+/t27-/m1/s1. The van der Waals surface area contributed by atoms with Gasteiger partial charge in [0.15, 0.2) is 0 Å². The predicted molar refractivity (Wildman–Crippen MR) is 139 cm³/mol. The van der Waals surface area contributed by atoms with Gasteiger partial charge >= 0.3 is 0 Å². The Morgan fingerprint density at radius 1 is 0.750 bits per heavy atom. The first-order chi connectivity index (χ1) is 15.4. The molecule has 0 heterocycles. The van der Waals surface area contributed by atoms with Crippen LogP contribution in [0.3, 0.4) is 0 Å². The lowest BCUT2D eigenvalue weighted by molar-refractivity contribution is 0.244. The maximum Gasteiger partial charge on any atom is 0.205 e. The largest absolute Gasteiger partial charge is 0.389 e. The minimum Gasteiger partial charge on any atom is -0.389 e. The second-order valence-corrected chi connectivity index (χ2v) is 12.6. The van der Waals surface area contributed by atoms with Crippen LogP contribution in [0.2, 0.25) is 5.04 Å². The van der Waals surface area contributed by atoms with E-state index in [4.69, 9.17) is 5.11 Å². The van der Waals surface area contributed by atoms with Crippen molar-refractivity contribution < 1.29 is 5.11 Å². The number of aliphatic hydroxyl groups excluding tert-OH is 1. The van der Waals surface area contributed by atoms with Gasteiger partial charge < -0.3 is 5.11 Å². The predicted octanol–water partition coefficient (Wildman–Crippen LogP) is 4.10. The molecule has 1 atom stereocenters. The Hall–Kier alpha value is -3.66. The molecular formula is C30H28OSi. The molecule has 1 nitrogen and oxygen atoms in total. The fourth-order valence-corrected chi connectivity index (χ4v) is 7.76. The molecule has 0 amide bonds. The van der Waals surface area contributed by atoms with Crippen molar-refractivity contribution >= 4 is 18.4 Å². The van der Waals surface area contributed by atoms with Crippen molar-refractivity contribution in [3.63, 3.8) is 0 Å². The summed E-state index contributed by atoms with van der Waals surface area (Å²) in [7, 11) is -2.42. The Morgan fingerprint density at radius 2 is 1.25 bits per heavy atom. The average Bonchev–Trinajstić information content (AvgIpc) is 2.77. The zero-order valence-electron chi connectivity index (χ0n) is 19.1. The molecule has 0 spiro atoms. The molecule has 0 aliphatic carbocycles. The van der Waals surface area contributed by atoms with Crippen molar-refractivity contribution in [2.75, 3.05) is 0 Å². The van der Waals surface area contributed by atoms with Crippen LogP contribution in [0.5, 0.6) is 0 Å². The van der Waals surface area contributed by atoms with E-state index in [0.717, 1.165) is 0 Å². The van der Waals surface area contributed by atoms with Gasteiger partial charge in [0, 0.05) is 0 Å². The minimum atomic E-state index is -2.42. The monoisotopic (exact) mass is 432 g/mol. The van der Waals surface area contributed by atoms with Gasteiger partial charge in [0.2, 0.25) is 8.07 Å². The van der Waals surface area contributed by atoms with E-state index in [0.29, 0.717) is 0 Å². The summed E-state index contributed by atoms with van der Waals surface area (Å²) >= 11 is 0. The summed E-state index contributed by atoms with van der Waals surface area (Å²) in [5, 5.41) is 11.6. The maximum atomic E-state index is 9.12. The molecule has 2 rings (SSSR count). The van der Waals surface area contributed by atoms with Crippen LogP contribution in [-0.2, 0) is 0 Å². The highest BCUT2D eigenvalue weighted by molar-refractivity contribution is 7.10. The normalized spacial score (nSPS) is 11.8. The molecule has 2 aromatic carbocycles. The van der Waals surface area contributed by atoms with E-state index in [1.165, 1.54) is 10.4 Å². The second kappa shape index (κ2) is 12.3. The molecule has 0 aromatic heterocycles. The second-order valence-electron chi connectivity index (χ2n) is 8.24. The third-order valence-corrected chi connectivity index (χ3v) is 10.0. The molecule has 32 heavy (non-hydrogen) atoms. The number of allylic oxidation sites excluding steroid dienone is 3. The first-order valence-electron chi connectivity index (χ1n) is 10.5.